The van der Waals surface area contributed by atoms with Crippen LogP contribution in [0.25, 0.3) is 0 Å². The number of carbonyl (C=O) groups excluding carboxylic acids is 2. The lowest BCUT2D eigenvalue weighted by Gasteiger charge is -2.43. The van der Waals surface area contributed by atoms with E-state index in [9.17, 15) is 19.6 Å². The number of rotatable bonds is 7. The first-order valence-electron chi connectivity index (χ1n) is 13.4. The number of benzene rings is 1. The molecule has 8 nitrogen and oxygen atoms in total. The molecule has 8 heteroatoms. The van der Waals surface area contributed by atoms with E-state index in [0.717, 1.165) is 36.1 Å². The Bertz CT molecular complexity index is 1430. The average molecular weight is 528 g/mol. The molecule has 2 aromatic rings. The van der Waals surface area contributed by atoms with Gasteiger partial charge in [-0.15, -0.1) is 0 Å². The quantitative estimate of drug-likeness (QED) is 0.561. The Morgan fingerprint density at radius 2 is 1.97 bits per heavy atom. The molecule has 1 unspecified atom stereocenters. The molecule has 0 radical (unpaired) electrons. The number of aromatic amines is 1. The van der Waals surface area contributed by atoms with Crippen LogP contribution < -0.4 is 10.9 Å². The van der Waals surface area contributed by atoms with Crippen LogP contribution in [0, 0.1) is 36.0 Å². The Morgan fingerprint density at radius 1 is 1.21 bits per heavy atom. The summed E-state index contributed by atoms with van der Waals surface area (Å²) in [5, 5.41) is 19.1. The van der Waals surface area contributed by atoms with E-state index in [0.29, 0.717) is 17.5 Å². The first kappa shape index (κ1) is 28.0. The highest BCUT2D eigenvalue weighted by Crippen LogP contribution is 2.45. The highest BCUT2D eigenvalue weighted by Gasteiger charge is 2.50. The van der Waals surface area contributed by atoms with Gasteiger partial charge in [0, 0.05) is 29.0 Å². The third kappa shape index (κ3) is 5.88. The number of nitrogens with one attached hydrogen (secondary N) is 2. The number of carbonyl (C=O) groups is 2. The molecule has 4 rings (SSSR count). The molecule has 204 valence electrons. The molecule has 39 heavy (non-hydrogen) atoms. The predicted molar refractivity (Wildman–Crippen MR) is 150 cm³/mol. The van der Waals surface area contributed by atoms with Crippen LogP contribution in [0.4, 0.5) is 0 Å². The van der Waals surface area contributed by atoms with Gasteiger partial charge in [-0.25, -0.2) is 5.10 Å². The Labute approximate surface area is 229 Å². The molecule has 1 aliphatic carbocycles. The standard InChI is InChI=1S/C31H37N5O3/c1-20-15-23(10-9-22(20)17-24-16-21(2)34-35-29(24)39)28(38)33-18-27(37)36-25(30(3,4)19-32)11-12-26(36)31(5)13-7-6-8-14-31/h6-10,13,15-16,25-26H,11-12,14,17-18H2,1-5H3,(H,33,38)(H,35,39)/t25-,26+,31?/m1/s1. The van der Waals surface area contributed by atoms with Crippen LogP contribution in [0.15, 0.2) is 53.4 Å². The number of hydrogen-bond donors (Lipinski definition) is 2. The molecule has 1 saturated heterocycles. The van der Waals surface area contributed by atoms with Gasteiger partial charge in [0.1, 0.15) is 0 Å². The van der Waals surface area contributed by atoms with Crippen molar-refractivity contribution in [2.24, 2.45) is 10.8 Å². The van der Waals surface area contributed by atoms with Crippen LogP contribution in [0.2, 0.25) is 0 Å². The summed E-state index contributed by atoms with van der Waals surface area (Å²) in [5.41, 5.74) is 2.44. The highest BCUT2D eigenvalue weighted by atomic mass is 16.2. The molecule has 0 bridgehead atoms. The third-order valence-corrected chi connectivity index (χ3v) is 8.23. The normalized spacial score (nSPS) is 22.5. The third-order valence-electron chi connectivity index (χ3n) is 8.23. The van der Waals surface area contributed by atoms with Crippen LogP contribution in [0.3, 0.4) is 0 Å². The molecule has 1 aromatic heterocycles. The number of H-pyrrole nitrogens is 1. The number of nitriles is 1. The smallest absolute Gasteiger partial charge is 0.267 e. The van der Waals surface area contributed by atoms with Gasteiger partial charge < -0.3 is 10.2 Å². The second kappa shape index (κ2) is 11.0. The number of hydrogen-bond acceptors (Lipinski definition) is 5. The molecule has 2 aliphatic rings. The number of aryl methyl sites for hydroxylation is 2. The minimum atomic E-state index is -0.707. The van der Waals surface area contributed by atoms with E-state index in [2.05, 4.69) is 40.7 Å². The van der Waals surface area contributed by atoms with E-state index in [1.807, 2.05) is 50.8 Å². The molecule has 2 amide bonds. The van der Waals surface area contributed by atoms with E-state index < -0.39 is 5.41 Å². The second-order valence-corrected chi connectivity index (χ2v) is 11.6. The molecule has 1 fully saturated rings. The summed E-state index contributed by atoms with van der Waals surface area (Å²) in [6, 6.07) is 9.20. The molecular weight excluding hydrogens is 490 g/mol. The maximum absolute atomic E-state index is 13.7. The minimum Gasteiger partial charge on any atom is -0.343 e. The van der Waals surface area contributed by atoms with E-state index in [-0.39, 0.29) is 41.4 Å². The second-order valence-electron chi connectivity index (χ2n) is 11.6. The lowest BCUT2D eigenvalue weighted by Crippen LogP contribution is -2.54. The molecule has 0 spiro atoms. The van der Waals surface area contributed by atoms with Crippen molar-refractivity contribution in [3.05, 3.63) is 86.9 Å². The van der Waals surface area contributed by atoms with Crippen molar-refractivity contribution in [1.82, 2.24) is 20.4 Å². The highest BCUT2D eigenvalue weighted by molar-refractivity contribution is 5.96. The molecule has 0 saturated carbocycles. The van der Waals surface area contributed by atoms with E-state index >= 15 is 0 Å². The molecule has 2 N–H and O–H groups in total. The fourth-order valence-electron chi connectivity index (χ4n) is 5.86. The maximum Gasteiger partial charge on any atom is 0.267 e. The minimum absolute atomic E-state index is 0.0535. The van der Waals surface area contributed by atoms with Crippen LogP contribution in [-0.4, -0.2) is 45.5 Å². The zero-order chi connectivity index (χ0) is 28.4. The lowest BCUT2D eigenvalue weighted by atomic mass is 9.76. The number of likely N-dealkylation sites (tertiary alicyclic amines) is 1. The summed E-state index contributed by atoms with van der Waals surface area (Å²) in [7, 11) is 0. The van der Waals surface area contributed by atoms with E-state index in [1.165, 1.54) is 0 Å². The molecular formula is C31H37N5O3. The fourth-order valence-corrected chi connectivity index (χ4v) is 5.86. The van der Waals surface area contributed by atoms with Gasteiger partial charge in [-0.1, -0.05) is 37.3 Å². The largest absolute Gasteiger partial charge is 0.343 e. The van der Waals surface area contributed by atoms with Gasteiger partial charge in [0.2, 0.25) is 5.91 Å². The van der Waals surface area contributed by atoms with E-state index in [4.69, 9.17) is 0 Å². The van der Waals surface area contributed by atoms with Crippen molar-refractivity contribution < 1.29 is 9.59 Å². The van der Waals surface area contributed by atoms with Crippen molar-refractivity contribution in [2.45, 2.75) is 72.4 Å². The van der Waals surface area contributed by atoms with Gasteiger partial charge in [0.25, 0.3) is 11.5 Å². The van der Waals surface area contributed by atoms with Crippen molar-refractivity contribution in [1.29, 1.82) is 5.26 Å². The van der Waals surface area contributed by atoms with Crippen molar-refractivity contribution in [3.8, 4) is 6.07 Å². The van der Waals surface area contributed by atoms with Gasteiger partial charge in [0.15, 0.2) is 0 Å². The Kier molecular flexibility index (Phi) is 7.91. The number of allylic oxidation sites excluding steroid dienone is 3. The zero-order valence-corrected chi connectivity index (χ0v) is 23.4. The Morgan fingerprint density at radius 3 is 2.64 bits per heavy atom. The summed E-state index contributed by atoms with van der Waals surface area (Å²) in [4.78, 5) is 40.7. The number of nitrogens with zero attached hydrogens (tertiary/aromatic N) is 3. The molecule has 1 aromatic carbocycles. The van der Waals surface area contributed by atoms with Gasteiger partial charge >= 0.3 is 0 Å². The maximum atomic E-state index is 13.7. The Balaban J connectivity index is 1.48. The average Bonchev–Trinajstić information content (AvgIpc) is 3.38. The van der Waals surface area contributed by atoms with Crippen molar-refractivity contribution in [2.75, 3.05) is 6.54 Å². The van der Waals surface area contributed by atoms with Crippen LogP contribution in [0.5, 0.6) is 0 Å². The SMILES string of the molecule is Cc1cc(Cc2ccc(C(=O)NCC(=O)N3[C@H](C4(C)C=CC=CC4)CC[C@@H]3C(C)(C)C#N)cc2C)c(=O)[nH]n1. The summed E-state index contributed by atoms with van der Waals surface area (Å²) in [6.45, 7) is 9.49. The predicted octanol–water partition coefficient (Wildman–Crippen LogP) is 4.14. The fraction of sp³-hybridized carbons (Fsp3) is 0.452. The summed E-state index contributed by atoms with van der Waals surface area (Å²) < 4.78 is 0. The summed E-state index contributed by atoms with van der Waals surface area (Å²) in [6.07, 6.45) is 11.1. The first-order valence-corrected chi connectivity index (χ1v) is 13.4. The van der Waals surface area contributed by atoms with Gasteiger partial charge in [-0.05, 0) is 76.3 Å². The topological polar surface area (TPSA) is 119 Å². The van der Waals surface area contributed by atoms with Crippen molar-refractivity contribution in [3.63, 3.8) is 0 Å². The van der Waals surface area contributed by atoms with Crippen LogP contribution in [0.1, 0.15) is 72.8 Å². The number of aromatic nitrogens is 2. The van der Waals surface area contributed by atoms with Crippen LogP contribution >= 0.6 is 0 Å². The van der Waals surface area contributed by atoms with Crippen molar-refractivity contribution >= 4 is 11.8 Å². The summed E-state index contributed by atoms with van der Waals surface area (Å²) in [5.74, 6) is -0.516. The monoisotopic (exact) mass is 527 g/mol. The first-order chi connectivity index (χ1) is 18.4. The molecule has 2 heterocycles. The lowest BCUT2D eigenvalue weighted by molar-refractivity contribution is -0.136. The zero-order valence-electron chi connectivity index (χ0n) is 23.4. The number of amides is 2. The van der Waals surface area contributed by atoms with Gasteiger partial charge in [-0.3, -0.25) is 14.4 Å². The molecule has 1 aliphatic heterocycles. The summed E-state index contributed by atoms with van der Waals surface area (Å²) >= 11 is 0. The Hall–Kier alpha value is -3.99. The van der Waals surface area contributed by atoms with Gasteiger partial charge in [0.05, 0.1) is 29.8 Å². The molecule has 3 atom stereocenters. The van der Waals surface area contributed by atoms with E-state index in [1.54, 1.807) is 18.2 Å². The van der Waals surface area contributed by atoms with Gasteiger partial charge in [-0.2, -0.15) is 10.4 Å². The van der Waals surface area contributed by atoms with Crippen LogP contribution in [-0.2, 0) is 11.2 Å².